The maximum absolute atomic E-state index is 11.5. The molecule has 0 atom stereocenters. The quantitative estimate of drug-likeness (QED) is 0.496. The number of halogens is 3. The van der Waals surface area contributed by atoms with Gasteiger partial charge in [-0.3, -0.25) is 0 Å². The van der Waals surface area contributed by atoms with E-state index >= 15 is 0 Å². The van der Waals surface area contributed by atoms with E-state index in [1.165, 1.54) is 0 Å². The van der Waals surface area contributed by atoms with Gasteiger partial charge < -0.3 is 4.74 Å². The van der Waals surface area contributed by atoms with E-state index in [0.717, 1.165) is 7.11 Å². The Hall–Kier alpha value is -0.440. The van der Waals surface area contributed by atoms with Crippen molar-refractivity contribution in [3.63, 3.8) is 0 Å². The van der Waals surface area contributed by atoms with Crippen LogP contribution in [0, 0.1) is 0 Å². The van der Waals surface area contributed by atoms with Crippen molar-refractivity contribution in [3.8, 4) is 0 Å². The molecule has 0 aliphatic heterocycles. The third-order valence-electron chi connectivity index (χ3n) is 0.628. The van der Waals surface area contributed by atoms with Crippen molar-refractivity contribution in [2.24, 2.45) is 0 Å². The van der Waals surface area contributed by atoms with Gasteiger partial charge in [0.25, 0.3) is 0 Å². The Labute approximate surface area is 69.4 Å². The average molecular weight is 224 g/mol. The maximum atomic E-state index is 11.5. The van der Waals surface area contributed by atoms with E-state index in [2.05, 4.69) is 4.74 Å². The minimum Gasteiger partial charge on any atom is -0.460 e. The van der Waals surface area contributed by atoms with Gasteiger partial charge in [0.2, 0.25) is 0 Å². The predicted molar refractivity (Wildman–Crippen MR) is 35.0 cm³/mol. The van der Waals surface area contributed by atoms with Crippen molar-refractivity contribution in [1.82, 2.24) is 0 Å². The molecule has 0 aliphatic rings. The van der Waals surface area contributed by atoms with Gasteiger partial charge in [0, 0.05) is 0 Å². The Bertz CT molecular complexity index is 266. The van der Waals surface area contributed by atoms with Crippen LogP contribution in [0.2, 0.25) is 0 Å². The summed E-state index contributed by atoms with van der Waals surface area (Å²) in [4.78, 5) is 10.1. The first-order valence-electron chi connectivity index (χ1n) is 2.29. The van der Waals surface area contributed by atoms with Gasteiger partial charge in [-0.1, -0.05) is 0 Å². The summed E-state index contributed by atoms with van der Waals surface area (Å²) in [5, 5.41) is -1.52. The molecule has 0 aromatic rings. The highest BCUT2D eigenvalue weighted by atomic mass is 33.1. The van der Waals surface area contributed by atoms with Gasteiger partial charge in [-0.15, -0.1) is 0 Å². The van der Waals surface area contributed by atoms with Gasteiger partial charge in [-0.05, 0) is 0 Å². The van der Waals surface area contributed by atoms with E-state index in [0.29, 0.717) is 0 Å². The molecule has 0 saturated heterocycles. The number of ether oxygens (including phenoxy) is 1. The number of hydrogen-bond donors (Lipinski definition) is 0. The Balaban J connectivity index is 4.58. The molecule has 0 amide bonds. The zero-order valence-corrected chi connectivity index (χ0v) is 7.22. The van der Waals surface area contributed by atoms with Crippen LogP contribution < -0.4 is 0 Å². The number of carbonyl (C=O) groups is 1. The average Bonchev–Trinajstić information content (AvgIpc) is 1.84. The molecule has 12 heavy (non-hydrogen) atoms. The number of methoxy groups -OCH3 is 1. The fraction of sp³-hybridized carbons (Fsp3) is 0.667. The third-order valence-corrected chi connectivity index (χ3v) is 3.35. The van der Waals surface area contributed by atoms with Crippen LogP contribution in [-0.2, 0) is 13.6 Å². The second kappa shape index (κ2) is 3.52. The van der Waals surface area contributed by atoms with E-state index in [9.17, 15) is 26.4 Å². The first kappa shape index (κ1) is 11.6. The summed E-state index contributed by atoms with van der Waals surface area (Å²) < 4.78 is 58.6. The SMILES string of the molecule is COC(=O)SS(=O)(=O)C(F)(F)F. The number of hydrogen-bond acceptors (Lipinski definition) is 5. The van der Waals surface area contributed by atoms with Gasteiger partial charge >= 0.3 is 19.7 Å². The van der Waals surface area contributed by atoms with Gasteiger partial charge in [-0.25, -0.2) is 13.2 Å². The molecule has 0 saturated carbocycles. The third kappa shape index (κ3) is 2.89. The van der Waals surface area contributed by atoms with Gasteiger partial charge in [0.05, 0.1) is 17.9 Å². The summed E-state index contributed by atoms with van der Waals surface area (Å²) in [5.41, 5.74) is -5.44. The van der Waals surface area contributed by atoms with Crippen molar-refractivity contribution in [2.45, 2.75) is 5.51 Å². The monoisotopic (exact) mass is 224 g/mol. The Morgan fingerprint density at radius 2 is 1.83 bits per heavy atom. The lowest BCUT2D eigenvalue weighted by atomic mass is 11.5. The molecule has 0 fully saturated rings. The predicted octanol–water partition coefficient (Wildman–Crippen LogP) is 1.34. The number of carbonyl (C=O) groups excluding carboxylic acids is 1. The summed E-state index contributed by atoms with van der Waals surface area (Å²) in [6.07, 6.45) is 0. The van der Waals surface area contributed by atoms with Crippen LogP contribution in [0.5, 0.6) is 0 Å². The molecule has 0 N–H and O–H groups in total. The molecule has 0 spiro atoms. The van der Waals surface area contributed by atoms with Crippen LogP contribution in [0.15, 0.2) is 0 Å². The van der Waals surface area contributed by atoms with E-state index in [1.54, 1.807) is 0 Å². The largest absolute Gasteiger partial charge is 0.507 e. The lowest BCUT2D eigenvalue weighted by Gasteiger charge is -2.04. The molecule has 4 nitrogen and oxygen atoms in total. The first-order valence-corrected chi connectivity index (χ1v) is 5.11. The Kier molecular flexibility index (Phi) is 3.39. The van der Waals surface area contributed by atoms with Crippen LogP contribution in [0.3, 0.4) is 0 Å². The number of rotatable bonds is 1. The highest BCUT2D eigenvalue weighted by Gasteiger charge is 2.48. The van der Waals surface area contributed by atoms with Crippen LogP contribution in [0.1, 0.15) is 0 Å². The van der Waals surface area contributed by atoms with Crippen LogP contribution in [-0.4, -0.2) is 26.3 Å². The molecule has 0 aromatic heterocycles. The van der Waals surface area contributed by atoms with Crippen molar-refractivity contribution in [2.75, 3.05) is 7.11 Å². The van der Waals surface area contributed by atoms with E-state index in [4.69, 9.17) is 0 Å². The molecule has 0 aromatic carbocycles. The molecule has 9 heteroatoms. The van der Waals surface area contributed by atoms with E-state index in [-0.39, 0.29) is 0 Å². The van der Waals surface area contributed by atoms with Crippen molar-refractivity contribution in [1.29, 1.82) is 0 Å². The summed E-state index contributed by atoms with van der Waals surface area (Å²) in [6.45, 7) is 0. The van der Waals surface area contributed by atoms with E-state index < -0.39 is 30.5 Å². The smallest absolute Gasteiger partial charge is 0.460 e. The van der Waals surface area contributed by atoms with E-state index in [1.807, 2.05) is 0 Å². The fourth-order valence-electron chi connectivity index (χ4n) is 0.171. The summed E-state index contributed by atoms with van der Waals surface area (Å²) in [5.74, 6) is 0. The van der Waals surface area contributed by atoms with Crippen molar-refractivity contribution < 1.29 is 31.1 Å². The van der Waals surface area contributed by atoms with Gasteiger partial charge in [0.1, 0.15) is 0 Å². The van der Waals surface area contributed by atoms with Crippen LogP contribution in [0.25, 0.3) is 0 Å². The maximum Gasteiger partial charge on any atom is 0.507 e. The second-order valence-corrected chi connectivity index (χ2v) is 5.12. The number of alkyl halides is 3. The summed E-state index contributed by atoms with van der Waals surface area (Å²) in [6, 6.07) is 0. The molecule has 0 heterocycles. The Morgan fingerprint density at radius 3 is 2.08 bits per heavy atom. The molecule has 0 aliphatic carbocycles. The lowest BCUT2D eigenvalue weighted by molar-refractivity contribution is -0.0410. The summed E-state index contributed by atoms with van der Waals surface area (Å²) in [7, 11) is -5.59. The standard InChI is InChI=1S/C3H3F3O4S2/c1-10-2(7)11-12(8,9)3(4,5)6/h1H3. The first-order chi connectivity index (χ1) is 5.20. The van der Waals surface area contributed by atoms with Crippen LogP contribution in [0.4, 0.5) is 18.0 Å². The van der Waals surface area contributed by atoms with Gasteiger partial charge in [0.15, 0.2) is 0 Å². The zero-order chi connectivity index (χ0) is 9.99. The normalized spacial score (nSPS) is 12.7. The fourth-order valence-corrected chi connectivity index (χ4v) is 1.54. The van der Waals surface area contributed by atoms with Gasteiger partial charge in [-0.2, -0.15) is 13.2 Å². The van der Waals surface area contributed by atoms with Crippen molar-refractivity contribution >= 4 is 25.0 Å². The highest BCUT2D eigenvalue weighted by Crippen LogP contribution is 2.33. The summed E-state index contributed by atoms with van der Waals surface area (Å²) >= 11 is 0. The molecular weight excluding hydrogens is 221 g/mol. The molecular formula is C3H3F3O4S2. The molecule has 0 rings (SSSR count). The molecule has 0 radical (unpaired) electrons. The van der Waals surface area contributed by atoms with Crippen LogP contribution >= 0.6 is 10.8 Å². The topological polar surface area (TPSA) is 60.4 Å². The minimum atomic E-state index is -5.47. The second-order valence-electron chi connectivity index (χ2n) is 1.44. The minimum absolute atomic E-state index is 0.779. The molecule has 72 valence electrons. The molecule has 0 bridgehead atoms. The Morgan fingerprint density at radius 1 is 1.42 bits per heavy atom. The highest BCUT2D eigenvalue weighted by molar-refractivity contribution is 8.78. The lowest BCUT2D eigenvalue weighted by Crippen LogP contribution is -2.21. The molecule has 0 unspecified atom stereocenters. The zero-order valence-electron chi connectivity index (χ0n) is 5.58. The van der Waals surface area contributed by atoms with Crippen molar-refractivity contribution in [3.05, 3.63) is 0 Å².